The first kappa shape index (κ1) is 20.1. The summed E-state index contributed by atoms with van der Waals surface area (Å²) in [5.41, 5.74) is -0.371. The third-order valence-electron chi connectivity index (χ3n) is 4.94. The second-order valence-electron chi connectivity index (χ2n) is 7.41. The Morgan fingerprint density at radius 1 is 1.30 bits per heavy atom. The molecule has 0 spiro atoms. The van der Waals surface area contributed by atoms with Crippen molar-refractivity contribution in [3.8, 4) is 0 Å². The van der Waals surface area contributed by atoms with Crippen LogP contribution in [0.5, 0.6) is 0 Å². The Labute approximate surface area is 170 Å². The lowest BCUT2D eigenvalue weighted by molar-refractivity contribution is -0.136. The smallest absolute Gasteiger partial charge is 0.354 e. The van der Waals surface area contributed by atoms with E-state index in [-0.39, 0.29) is 16.9 Å². The number of aryl methyl sites for hydroxylation is 1. The number of nitrogens with one attached hydrogen (secondary N) is 2. The summed E-state index contributed by atoms with van der Waals surface area (Å²) in [6.07, 6.45) is -0.275. The Kier molecular flexibility index (Phi) is 5.10. The van der Waals surface area contributed by atoms with E-state index in [1.54, 1.807) is 19.1 Å². The van der Waals surface area contributed by atoms with E-state index in [9.17, 15) is 18.0 Å². The molecule has 1 aliphatic heterocycles. The minimum atomic E-state index is -4.59. The number of piperazine rings is 1. The summed E-state index contributed by atoms with van der Waals surface area (Å²) in [6.45, 7) is 6.17. The van der Waals surface area contributed by atoms with Crippen LogP contribution in [0.4, 0.5) is 24.7 Å². The molecule has 1 saturated heterocycles. The zero-order chi connectivity index (χ0) is 21.5. The largest absolute Gasteiger partial charge is 0.420 e. The van der Waals surface area contributed by atoms with Crippen LogP contribution in [0.25, 0.3) is 5.65 Å². The maximum absolute atomic E-state index is 13.4. The molecular weight excluding hydrogens is 397 g/mol. The van der Waals surface area contributed by atoms with E-state index in [4.69, 9.17) is 0 Å². The molecule has 1 fully saturated rings. The van der Waals surface area contributed by atoms with Crippen molar-refractivity contribution in [3.05, 3.63) is 53.6 Å². The molecule has 0 radical (unpaired) electrons. The molecule has 0 aromatic carbocycles. The summed E-state index contributed by atoms with van der Waals surface area (Å²) in [6, 6.07) is 4.60. The van der Waals surface area contributed by atoms with Crippen molar-refractivity contribution >= 4 is 23.1 Å². The lowest BCUT2D eigenvalue weighted by Crippen LogP contribution is -2.49. The molecule has 2 N–H and O–H groups in total. The Hall–Kier alpha value is -3.14. The van der Waals surface area contributed by atoms with Gasteiger partial charge in [0.15, 0.2) is 0 Å². The van der Waals surface area contributed by atoms with Gasteiger partial charge in [-0.05, 0) is 32.0 Å². The van der Waals surface area contributed by atoms with Crippen LogP contribution < -0.4 is 15.5 Å². The molecule has 10 heteroatoms. The summed E-state index contributed by atoms with van der Waals surface area (Å²) < 4.78 is 41.6. The standard InChI is InChI=1S/C20H21F3N6O/c1-12-9-28(6-5-24-12)17-4-3-14(8-25-17)19(30)27-15-7-16(20(21,22)23)18-26-13(2)10-29(18)11-15/h3-4,7-8,10-12,24H,5-6,9H2,1-2H3,(H,27,30). The number of hydrogen-bond acceptors (Lipinski definition) is 5. The number of halogens is 3. The van der Waals surface area contributed by atoms with E-state index in [1.165, 1.54) is 23.0 Å². The van der Waals surface area contributed by atoms with Gasteiger partial charge in [0.1, 0.15) is 17.0 Å². The molecule has 1 amide bonds. The minimum Gasteiger partial charge on any atom is -0.354 e. The van der Waals surface area contributed by atoms with Gasteiger partial charge in [-0.1, -0.05) is 0 Å². The van der Waals surface area contributed by atoms with Crippen molar-refractivity contribution in [2.45, 2.75) is 26.1 Å². The molecule has 0 saturated carbocycles. The molecule has 4 heterocycles. The Balaban J connectivity index is 1.56. The molecule has 1 unspecified atom stereocenters. The van der Waals surface area contributed by atoms with Gasteiger partial charge in [-0.25, -0.2) is 9.97 Å². The molecule has 30 heavy (non-hydrogen) atoms. The first-order chi connectivity index (χ1) is 14.2. The molecule has 1 aliphatic rings. The highest BCUT2D eigenvalue weighted by atomic mass is 19.4. The minimum absolute atomic E-state index is 0.0252. The van der Waals surface area contributed by atoms with Crippen molar-refractivity contribution in [1.29, 1.82) is 0 Å². The molecule has 158 valence electrons. The highest BCUT2D eigenvalue weighted by Crippen LogP contribution is 2.34. The Morgan fingerprint density at radius 2 is 2.10 bits per heavy atom. The van der Waals surface area contributed by atoms with E-state index in [0.717, 1.165) is 31.5 Å². The number of aromatic nitrogens is 3. The highest BCUT2D eigenvalue weighted by molar-refractivity contribution is 6.04. The number of alkyl halides is 3. The van der Waals surface area contributed by atoms with Gasteiger partial charge in [-0.3, -0.25) is 4.79 Å². The summed E-state index contributed by atoms with van der Waals surface area (Å²) >= 11 is 0. The fraction of sp³-hybridized carbons (Fsp3) is 0.350. The number of carbonyl (C=O) groups excluding carboxylic acids is 1. The normalized spacial score (nSPS) is 17.4. The first-order valence-corrected chi connectivity index (χ1v) is 9.53. The molecule has 3 aromatic rings. The second kappa shape index (κ2) is 7.60. The van der Waals surface area contributed by atoms with Crippen molar-refractivity contribution in [3.63, 3.8) is 0 Å². The molecular formula is C20H21F3N6O. The summed E-state index contributed by atoms with van der Waals surface area (Å²) in [4.78, 5) is 23.0. The maximum Gasteiger partial charge on any atom is 0.420 e. The highest BCUT2D eigenvalue weighted by Gasteiger charge is 2.34. The van der Waals surface area contributed by atoms with Crippen LogP contribution in [0.3, 0.4) is 0 Å². The van der Waals surface area contributed by atoms with Gasteiger partial charge in [-0.15, -0.1) is 0 Å². The third-order valence-corrected chi connectivity index (χ3v) is 4.94. The van der Waals surface area contributed by atoms with Crippen LogP contribution in [0.1, 0.15) is 28.5 Å². The number of fused-ring (bicyclic) bond motifs is 1. The maximum atomic E-state index is 13.4. The Morgan fingerprint density at radius 3 is 2.77 bits per heavy atom. The van der Waals surface area contributed by atoms with Gasteiger partial charge in [0.05, 0.1) is 16.9 Å². The second-order valence-corrected chi connectivity index (χ2v) is 7.41. The molecule has 7 nitrogen and oxygen atoms in total. The number of pyridine rings is 2. The topological polar surface area (TPSA) is 74.6 Å². The van der Waals surface area contributed by atoms with Gasteiger partial charge in [0.2, 0.25) is 0 Å². The van der Waals surface area contributed by atoms with Crippen LogP contribution in [0.15, 0.2) is 36.8 Å². The van der Waals surface area contributed by atoms with Crippen LogP contribution >= 0.6 is 0 Å². The van der Waals surface area contributed by atoms with Crippen molar-refractivity contribution in [1.82, 2.24) is 19.7 Å². The van der Waals surface area contributed by atoms with Crippen LogP contribution in [0.2, 0.25) is 0 Å². The van der Waals surface area contributed by atoms with Crippen LogP contribution in [0, 0.1) is 6.92 Å². The summed E-state index contributed by atoms with van der Waals surface area (Å²) in [7, 11) is 0. The molecule has 0 bridgehead atoms. The molecule has 3 aromatic heterocycles. The number of rotatable bonds is 3. The fourth-order valence-corrected chi connectivity index (χ4v) is 3.55. The molecule has 0 aliphatic carbocycles. The lowest BCUT2D eigenvalue weighted by Gasteiger charge is -2.32. The van der Waals surface area contributed by atoms with Gasteiger partial charge < -0.3 is 19.9 Å². The van der Waals surface area contributed by atoms with Gasteiger partial charge >= 0.3 is 6.18 Å². The average molecular weight is 418 g/mol. The molecule has 1 atom stereocenters. The van der Waals surface area contributed by atoms with Gasteiger partial charge in [0, 0.05) is 44.3 Å². The quantitative estimate of drug-likeness (QED) is 0.684. The number of carbonyl (C=O) groups is 1. The van der Waals surface area contributed by atoms with Crippen LogP contribution in [-0.2, 0) is 6.18 Å². The number of anilines is 2. The number of amides is 1. The van der Waals surface area contributed by atoms with E-state index in [0.29, 0.717) is 11.7 Å². The zero-order valence-corrected chi connectivity index (χ0v) is 16.5. The average Bonchev–Trinajstić information content (AvgIpc) is 3.06. The van der Waals surface area contributed by atoms with E-state index in [1.807, 2.05) is 0 Å². The predicted octanol–water partition coefficient (Wildman–Crippen LogP) is 3.11. The summed E-state index contributed by atoms with van der Waals surface area (Å²) in [5.74, 6) is 0.224. The van der Waals surface area contributed by atoms with Gasteiger partial charge in [-0.2, -0.15) is 13.2 Å². The van der Waals surface area contributed by atoms with Crippen molar-refractivity contribution < 1.29 is 18.0 Å². The third kappa shape index (κ3) is 4.09. The van der Waals surface area contributed by atoms with E-state index < -0.39 is 17.6 Å². The summed E-state index contributed by atoms with van der Waals surface area (Å²) in [5, 5.41) is 5.87. The number of nitrogens with zero attached hydrogens (tertiary/aromatic N) is 4. The van der Waals surface area contributed by atoms with Crippen molar-refractivity contribution in [2.24, 2.45) is 0 Å². The first-order valence-electron chi connectivity index (χ1n) is 9.53. The van der Waals surface area contributed by atoms with E-state index in [2.05, 4.69) is 32.4 Å². The SMILES string of the molecule is Cc1cn2cc(NC(=O)c3ccc(N4CCNC(C)C4)nc3)cc(C(F)(F)F)c2n1. The number of imidazole rings is 1. The van der Waals surface area contributed by atoms with Gasteiger partial charge in [0.25, 0.3) is 5.91 Å². The molecule has 4 rings (SSSR count). The monoisotopic (exact) mass is 418 g/mol. The Bertz CT molecular complexity index is 1080. The zero-order valence-electron chi connectivity index (χ0n) is 16.5. The van der Waals surface area contributed by atoms with Crippen molar-refractivity contribution in [2.75, 3.05) is 29.9 Å². The fourth-order valence-electron chi connectivity index (χ4n) is 3.55. The lowest BCUT2D eigenvalue weighted by atomic mass is 10.2. The predicted molar refractivity (Wildman–Crippen MR) is 107 cm³/mol. The van der Waals surface area contributed by atoms with E-state index >= 15 is 0 Å². The van der Waals surface area contributed by atoms with Crippen LogP contribution in [-0.4, -0.2) is 46.0 Å². The number of hydrogen-bond donors (Lipinski definition) is 2.